The van der Waals surface area contributed by atoms with E-state index in [2.05, 4.69) is 27.5 Å². The summed E-state index contributed by atoms with van der Waals surface area (Å²) in [6.45, 7) is 5.55. The van der Waals surface area contributed by atoms with E-state index in [0.29, 0.717) is 53.7 Å². The Morgan fingerprint density at radius 3 is 2.45 bits per heavy atom. The molecule has 3 aromatic carbocycles. The Kier molecular flexibility index (Phi) is 8.86. The quantitative estimate of drug-likeness (QED) is 0.255. The van der Waals surface area contributed by atoms with Crippen molar-refractivity contribution in [3.8, 4) is 0 Å². The number of carbonyl (C=O) groups excluding carboxylic acids is 2. The summed E-state index contributed by atoms with van der Waals surface area (Å²) >= 11 is 14.3. The van der Waals surface area contributed by atoms with E-state index in [0.717, 1.165) is 16.7 Å². The highest BCUT2D eigenvalue weighted by molar-refractivity contribution is 14.1. The first-order valence-corrected chi connectivity index (χ1v) is 14.7. The molecule has 0 radical (unpaired) electrons. The summed E-state index contributed by atoms with van der Waals surface area (Å²) in [5, 5.41) is 0.386. The van der Waals surface area contributed by atoms with Gasteiger partial charge in [-0.3, -0.25) is 14.5 Å². The topological polar surface area (TPSA) is 79.1 Å². The Hall–Kier alpha value is -2.44. The Bertz CT molecular complexity index is 1440. The number of anilines is 2. The minimum absolute atomic E-state index is 0.116. The van der Waals surface area contributed by atoms with Crippen molar-refractivity contribution in [3.63, 3.8) is 0 Å². The van der Waals surface area contributed by atoms with Gasteiger partial charge < -0.3 is 20.3 Å². The standard InChI is InChI=1S/C29H28Cl2FIN4O3/c1-17(21-15-24(32)23(31)16-25(21)34)37-27(18-2-4-19(30)5-3-18)29(39)36(9-8-35-10-12-40-13-11-35)26-7-6-20(33)14-22(26)28(37)38/h2-7,14-17,27H,8-13,34H2,1H3/t17?,27-/m0/s1. The zero-order valence-corrected chi connectivity index (χ0v) is 25.4. The number of nitrogens with zero attached hydrogens (tertiary/aromatic N) is 3. The molecule has 2 heterocycles. The second-order valence-corrected chi connectivity index (χ2v) is 11.9. The van der Waals surface area contributed by atoms with E-state index >= 15 is 0 Å². The van der Waals surface area contributed by atoms with Crippen LogP contribution in [0, 0.1) is 9.39 Å². The second kappa shape index (κ2) is 12.2. The number of hydrogen-bond donors (Lipinski definition) is 1. The summed E-state index contributed by atoms with van der Waals surface area (Å²) in [5.74, 6) is -1.29. The third-order valence-electron chi connectivity index (χ3n) is 7.41. The lowest BCUT2D eigenvalue weighted by Crippen LogP contribution is -2.47. The molecule has 7 nitrogen and oxygen atoms in total. The van der Waals surface area contributed by atoms with Gasteiger partial charge in [0.1, 0.15) is 11.9 Å². The van der Waals surface area contributed by atoms with Crippen LogP contribution in [-0.4, -0.2) is 61.0 Å². The van der Waals surface area contributed by atoms with E-state index in [1.165, 1.54) is 17.0 Å². The van der Waals surface area contributed by atoms with Gasteiger partial charge in [0.15, 0.2) is 0 Å². The number of amides is 2. The van der Waals surface area contributed by atoms with Gasteiger partial charge in [-0.2, -0.15) is 0 Å². The minimum Gasteiger partial charge on any atom is -0.398 e. The predicted octanol–water partition coefficient (Wildman–Crippen LogP) is 5.94. The molecule has 3 aromatic rings. The van der Waals surface area contributed by atoms with Gasteiger partial charge >= 0.3 is 0 Å². The maximum Gasteiger partial charge on any atom is 0.257 e. The highest BCUT2D eigenvalue weighted by Gasteiger charge is 2.43. The van der Waals surface area contributed by atoms with Crippen molar-refractivity contribution in [3.05, 3.63) is 90.7 Å². The fourth-order valence-electron chi connectivity index (χ4n) is 5.29. The molecule has 2 amide bonds. The van der Waals surface area contributed by atoms with E-state index in [1.54, 1.807) is 42.2 Å². The Balaban J connectivity index is 1.65. The molecule has 0 aliphatic carbocycles. The summed E-state index contributed by atoms with van der Waals surface area (Å²) in [4.78, 5) is 34.4. The molecule has 1 fully saturated rings. The summed E-state index contributed by atoms with van der Waals surface area (Å²) < 4.78 is 21.0. The molecule has 2 aliphatic heterocycles. The van der Waals surface area contributed by atoms with Crippen molar-refractivity contribution in [2.45, 2.75) is 19.0 Å². The molecule has 0 saturated carbocycles. The number of rotatable bonds is 6. The van der Waals surface area contributed by atoms with Crippen LogP contribution in [0.15, 0.2) is 54.6 Å². The maximum atomic E-state index is 14.6. The average molecular weight is 697 g/mol. The first kappa shape index (κ1) is 29.1. The molecule has 210 valence electrons. The molecule has 2 N–H and O–H groups in total. The van der Waals surface area contributed by atoms with Gasteiger partial charge in [0, 0.05) is 46.0 Å². The first-order valence-electron chi connectivity index (χ1n) is 12.9. The minimum atomic E-state index is -1.02. The van der Waals surface area contributed by atoms with Crippen molar-refractivity contribution in [1.82, 2.24) is 9.80 Å². The lowest BCUT2D eigenvalue weighted by atomic mass is 9.97. The molecule has 2 aliphatic rings. The molecule has 2 atom stereocenters. The summed E-state index contributed by atoms with van der Waals surface area (Å²) in [6.07, 6.45) is 0. The zero-order valence-electron chi connectivity index (χ0n) is 21.7. The summed E-state index contributed by atoms with van der Waals surface area (Å²) in [7, 11) is 0. The number of benzene rings is 3. The van der Waals surface area contributed by atoms with Crippen LogP contribution in [-0.2, 0) is 9.53 Å². The molecule has 1 unspecified atom stereocenters. The van der Waals surface area contributed by atoms with Gasteiger partial charge in [0.05, 0.1) is 35.5 Å². The van der Waals surface area contributed by atoms with E-state index in [9.17, 15) is 14.0 Å². The SMILES string of the molecule is CC(c1cc(F)c(Cl)cc1N)N1C(=O)c2cc(I)ccc2N(CCN2CCOCC2)C(=O)[C@@H]1c1ccc(Cl)cc1. The number of halogens is 4. The summed E-state index contributed by atoms with van der Waals surface area (Å²) in [6, 6.07) is 13.1. The first-order chi connectivity index (χ1) is 19.2. The Morgan fingerprint density at radius 2 is 1.75 bits per heavy atom. The molecule has 40 heavy (non-hydrogen) atoms. The van der Waals surface area contributed by atoms with Crippen molar-refractivity contribution < 1.29 is 18.7 Å². The Morgan fingerprint density at radius 1 is 1.05 bits per heavy atom. The normalized spacial score (nSPS) is 19.0. The molecule has 0 bridgehead atoms. The number of nitrogen functional groups attached to an aromatic ring is 1. The molecule has 0 spiro atoms. The van der Waals surface area contributed by atoms with Gasteiger partial charge in [0.25, 0.3) is 11.8 Å². The largest absolute Gasteiger partial charge is 0.398 e. The van der Waals surface area contributed by atoms with Crippen LogP contribution < -0.4 is 10.6 Å². The second-order valence-electron chi connectivity index (χ2n) is 9.84. The maximum absolute atomic E-state index is 14.6. The van der Waals surface area contributed by atoms with Gasteiger partial charge in [-0.05, 0) is 77.5 Å². The number of hydrogen-bond acceptors (Lipinski definition) is 5. The lowest BCUT2D eigenvalue weighted by molar-refractivity contribution is -0.123. The molecule has 1 saturated heterocycles. The Labute approximate surface area is 256 Å². The fraction of sp³-hybridized carbons (Fsp3) is 0.310. The van der Waals surface area contributed by atoms with Crippen LogP contribution in [0.5, 0.6) is 0 Å². The number of ether oxygens (including phenoxy) is 1. The van der Waals surface area contributed by atoms with E-state index in [4.69, 9.17) is 33.7 Å². The van der Waals surface area contributed by atoms with Gasteiger partial charge in [0.2, 0.25) is 0 Å². The molecule has 5 rings (SSSR count). The number of nitrogens with two attached hydrogens (primary N) is 1. The monoisotopic (exact) mass is 696 g/mol. The smallest absolute Gasteiger partial charge is 0.257 e. The fourth-order valence-corrected chi connectivity index (χ4v) is 6.08. The van der Waals surface area contributed by atoms with Crippen LogP contribution in [0.2, 0.25) is 10.0 Å². The van der Waals surface area contributed by atoms with Crippen LogP contribution in [0.4, 0.5) is 15.8 Å². The highest BCUT2D eigenvalue weighted by Crippen LogP contribution is 2.42. The van der Waals surface area contributed by atoms with E-state index in [1.807, 2.05) is 12.1 Å². The predicted molar refractivity (Wildman–Crippen MR) is 163 cm³/mol. The van der Waals surface area contributed by atoms with E-state index < -0.39 is 17.9 Å². The van der Waals surface area contributed by atoms with Crippen LogP contribution in [0.1, 0.15) is 40.5 Å². The highest BCUT2D eigenvalue weighted by atomic mass is 127. The van der Waals surface area contributed by atoms with Gasteiger partial charge in [-0.1, -0.05) is 35.3 Å². The van der Waals surface area contributed by atoms with Crippen LogP contribution in [0.25, 0.3) is 0 Å². The van der Waals surface area contributed by atoms with Crippen molar-refractivity contribution >= 4 is 69.0 Å². The van der Waals surface area contributed by atoms with Crippen molar-refractivity contribution in [2.24, 2.45) is 0 Å². The zero-order chi connectivity index (χ0) is 28.6. The lowest BCUT2D eigenvalue weighted by Gasteiger charge is -2.36. The van der Waals surface area contributed by atoms with Gasteiger partial charge in [-0.15, -0.1) is 0 Å². The van der Waals surface area contributed by atoms with Crippen LogP contribution >= 0.6 is 45.8 Å². The molecular weight excluding hydrogens is 669 g/mol. The molecular formula is C29H28Cl2FIN4O3. The third kappa shape index (κ3) is 5.80. The molecule has 11 heteroatoms. The number of morpholine rings is 1. The molecule has 0 aromatic heterocycles. The number of fused-ring (bicyclic) bond motifs is 1. The van der Waals surface area contributed by atoms with E-state index in [-0.39, 0.29) is 22.5 Å². The summed E-state index contributed by atoms with van der Waals surface area (Å²) in [5.41, 5.74) is 8.37. The third-order valence-corrected chi connectivity index (χ3v) is 8.63. The number of carbonyl (C=O) groups is 2. The average Bonchev–Trinajstić information content (AvgIpc) is 3.02. The van der Waals surface area contributed by atoms with Crippen molar-refractivity contribution in [1.29, 1.82) is 0 Å². The van der Waals surface area contributed by atoms with Crippen molar-refractivity contribution in [2.75, 3.05) is 50.0 Å². The van der Waals surface area contributed by atoms with Crippen LogP contribution in [0.3, 0.4) is 0 Å². The van der Waals surface area contributed by atoms with Gasteiger partial charge in [-0.25, -0.2) is 4.39 Å².